The van der Waals surface area contributed by atoms with Crippen molar-refractivity contribution in [1.29, 1.82) is 0 Å². The van der Waals surface area contributed by atoms with E-state index in [4.69, 9.17) is 0 Å². The largest absolute Gasteiger partial charge is 0.289 e. The number of carbonyl (C=O) groups excluding carboxylic acids is 2. The summed E-state index contributed by atoms with van der Waals surface area (Å²) in [6.45, 7) is 0. The monoisotopic (exact) mass is 286 g/mol. The predicted octanol–water partition coefficient (Wildman–Crippen LogP) is 2.10. The fourth-order valence-electron chi connectivity index (χ4n) is 2.58. The summed E-state index contributed by atoms with van der Waals surface area (Å²) in [5.41, 5.74) is 1.48. The van der Waals surface area contributed by atoms with Crippen LogP contribution in [0.4, 0.5) is 0 Å². The van der Waals surface area contributed by atoms with Crippen LogP contribution in [0.15, 0.2) is 47.4 Å². The molecule has 4 heteroatoms. The number of benzene rings is 2. The Labute approximate surface area is 118 Å². The van der Waals surface area contributed by atoms with Crippen molar-refractivity contribution in [1.82, 2.24) is 0 Å². The van der Waals surface area contributed by atoms with E-state index < -0.39 is 9.93 Å². The Kier molecular flexibility index (Phi) is 2.73. The van der Waals surface area contributed by atoms with E-state index in [0.29, 0.717) is 27.1 Å². The third-order valence-corrected chi connectivity index (χ3v) is 5.04. The van der Waals surface area contributed by atoms with Crippen LogP contribution in [0.5, 0.6) is 0 Å². The Morgan fingerprint density at radius 3 is 1.90 bits per heavy atom. The molecule has 0 saturated heterocycles. The number of fused-ring (bicyclic) bond motifs is 2. The molecule has 0 heterocycles. The standard InChI is InChI=1S/C16H14O3S/c1-20(2,19)13-9-5-8-12-14(13)16(18)11-7-4-3-6-10(11)15(12)17/h3-9,20H,1-2H3. The molecule has 2 aromatic carbocycles. The van der Waals surface area contributed by atoms with Crippen molar-refractivity contribution in [2.75, 3.05) is 12.5 Å². The maximum atomic E-state index is 12.6. The molecule has 102 valence electrons. The van der Waals surface area contributed by atoms with Crippen molar-refractivity contribution in [2.24, 2.45) is 0 Å². The minimum atomic E-state index is -2.63. The molecular formula is C16H14O3S. The summed E-state index contributed by atoms with van der Waals surface area (Å²) in [5.74, 6) is -0.389. The topological polar surface area (TPSA) is 51.2 Å². The SMILES string of the molecule is C[SH](C)(=O)c1cccc2c1C(=O)c1ccccc1C2=O. The minimum Gasteiger partial charge on any atom is -0.289 e. The van der Waals surface area contributed by atoms with Gasteiger partial charge in [-0.2, -0.15) is 0 Å². The molecule has 0 fully saturated rings. The molecular weight excluding hydrogens is 272 g/mol. The first-order valence-corrected chi connectivity index (χ1v) is 8.88. The maximum absolute atomic E-state index is 12.6. The third-order valence-electron chi connectivity index (χ3n) is 3.51. The molecule has 2 aromatic rings. The van der Waals surface area contributed by atoms with E-state index in [1.165, 1.54) is 0 Å². The molecule has 0 aromatic heterocycles. The van der Waals surface area contributed by atoms with Gasteiger partial charge in [-0.3, -0.25) is 13.8 Å². The molecule has 0 saturated carbocycles. The summed E-state index contributed by atoms with van der Waals surface area (Å²) in [4.78, 5) is 25.6. The smallest absolute Gasteiger partial charge is 0.195 e. The Balaban J connectivity index is 2.37. The molecule has 0 aliphatic heterocycles. The number of thiol groups is 1. The Morgan fingerprint density at radius 1 is 0.750 bits per heavy atom. The van der Waals surface area contributed by atoms with Crippen LogP contribution < -0.4 is 0 Å². The van der Waals surface area contributed by atoms with Gasteiger partial charge in [-0.15, -0.1) is 0 Å². The van der Waals surface area contributed by atoms with Crippen LogP contribution in [-0.4, -0.2) is 28.3 Å². The summed E-state index contributed by atoms with van der Waals surface area (Å²) in [5, 5.41) is 0. The second-order valence-electron chi connectivity index (χ2n) is 5.25. The molecule has 1 aliphatic carbocycles. The highest BCUT2D eigenvalue weighted by Gasteiger charge is 2.32. The molecule has 0 amide bonds. The van der Waals surface area contributed by atoms with Crippen molar-refractivity contribution in [3.8, 4) is 0 Å². The highest BCUT2D eigenvalue weighted by molar-refractivity contribution is 8.01. The summed E-state index contributed by atoms with van der Waals surface area (Å²) in [6.07, 6.45) is 3.22. The van der Waals surface area contributed by atoms with E-state index in [0.717, 1.165) is 0 Å². The first-order chi connectivity index (χ1) is 9.41. The van der Waals surface area contributed by atoms with E-state index in [9.17, 15) is 13.8 Å². The van der Waals surface area contributed by atoms with Gasteiger partial charge in [0.2, 0.25) is 0 Å². The van der Waals surface area contributed by atoms with Crippen LogP contribution in [0, 0.1) is 0 Å². The lowest BCUT2D eigenvalue weighted by Gasteiger charge is -2.23. The Morgan fingerprint density at radius 2 is 1.30 bits per heavy atom. The molecule has 1 aliphatic rings. The highest BCUT2D eigenvalue weighted by Crippen LogP contribution is 2.32. The molecule has 0 spiro atoms. The van der Waals surface area contributed by atoms with E-state index >= 15 is 0 Å². The molecule has 3 nitrogen and oxygen atoms in total. The molecule has 0 atom stereocenters. The van der Waals surface area contributed by atoms with Crippen molar-refractivity contribution in [2.45, 2.75) is 4.90 Å². The fourth-order valence-corrected chi connectivity index (χ4v) is 3.78. The summed E-state index contributed by atoms with van der Waals surface area (Å²) >= 11 is 0. The van der Waals surface area contributed by atoms with Gasteiger partial charge in [0, 0.05) is 27.1 Å². The van der Waals surface area contributed by atoms with E-state index in [-0.39, 0.29) is 11.6 Å². The quantitative estimate of drug-likeness (QED) is 0.697. The van der Waals surface area contributed by atoms with Gasteiger partial charge in [-0.25, -0.2) is 0 Å². The highest BCUT2D eigenvalue weighted by atomic mass is 32.2. The van der Waals surface area contributed by atoms with Crippen LogP contribution in [0.1, 0.15) is 31.8 Å². The first-order valence-electron chi connectivity index (χ1n) is 6.28. The van der Waals surface area contributed by atoms with Gasteiger partial charge in [0.1, 0.15) is 0 Å². The van der Waals surface area contributed by atoms with Crippen LogP contribution in [0.3, 0.4) is 0 Å². The average Bonchev–Trinajstić information content (AvgIpc) is 2.43. The molecule has 3 rings (SSSR count). The molecule has 0 unspecified atom stereocenters. The Bertz CT molecular complexity index is 799. The van der Waals surface area contributed by atoms with Crippen LogP contribution in [-0.2, 0) is 9.93 Å². The predicted molar refractivity (Wildman–Crippen MR) is 79.4 cm³/mol. The van der Waals surface area contributed by atoms with Gasteiger partial charge in [0.05, 0.1) is 0 Å². The van der Waals surface area contributed by atoms with E-state index in [1.807, 2.05) is 0 Å². The normalized spacial score (nSPS) is 14.7. The van der Waals surface area contributed by atoms with Crippen molar-refractivity contribution in [3.05, 3.63) is 64.7 Å². The number of carbonyl (C=O) groups is 2. The second kappa shape index (κ2) is 4.21. The third kappa shape index (κ3) is 1.76. The van der Waals surface area contributed by atoms with Gasteiger partial charge in [0.25, 0.3) is 0 Å². The lowest BCUT2D eigenvalue weighted by molar-refractivity contribution is 0.0977. The van der Waals surface area contributed by atoms with E-state index in [2.05, 4.69) is 0 Å². The van der Waals surface area contributed by atoms with Gasteiger partial charge >= 0.3 is 0 Å². The second-order valence-corrected chi connectivity index (χ2v) is 8.44. The summed E-state index contributed by atoms with van der Waals surface area (Å²) < 4.78 is 12.4. The number of hydrogen-bond donors (Lipinski definition) is 1. The lowest BCUT2D eigenvalue weighted by atomic mass is 9.84. The minimum absolute atomic E-state index is 0.175. The number of ketones is 2. The van der Waals surface area contributed by atoms with Crippen molar-refractivity contribution < 1.29 is 13.8 Å². The summed E-state index contributed by atoms with van der Waals surface area (Å²) in [7, 11) is -2.63. The lowest BCUT2D eigenvalue weighted by Crippen LogP contribution is -2.24. The van der Waals surface area contributed by atoms with Crippen LogP contribution in [0.2, 0.25) is 0 Å². The zero-order valence-corrected chi connectivity index (χ0v) is 12.1. The average molecular weight is 286 g/mol. The van der Waals surface area contributed by atoms with Gasteiger partial charge < -0.3 is 0 Å². The molecule has 0 radical (unpaired) electrons. The zero-order chi connectivity index (χ0) is 14.5. The molecule has 20 heavy (non-hydrogen) atoms. The van der Waals surface area contributed by atoms with Gasteiger partial charge in [-0.05, 0) is 18.6 Å². The fraction of sp³-hybridized carbons (Fsp3) is 0.125. The summed E-state index contributed by atoms with van der Waals surface area (Å²) in [6, 6.07) is 11.8. The van der Waals surface area contributed by atoms with Crippen molar-refractivity contribution >= 4 is 21.5 Å². The Hall–Kier alpha value is -2.07. The number of hydrogen-bond acceptors (Lipinski definition) is 3. The first kappa shape index (κ1) is 12.9. The molecule has 0 bridgehead atoms. The zero-order valence-electron chi connectivity index (χ0n) is 11.2. The van der Waals surface area contributed by atoms with E-state index in [1.54, 1.807) is 55.0 Å². The van der Waals surface area contributed by atoms with Crippen LogP contribution in [0.25, 0.3) is 0 Å². The van der Waals surface area contributed by atoms with Crippen LogP contribution >= 0.6 is 0 Å². The molecule has 0 N–H and O–H groups in total. The van der Waals surface area contributed by atoms with Gasteiger partial charge in [-0.1, -0.05) is 46.3 Å². The maximum Gasteiger partial charge on any atom is 0.195 e. The number of rotatable bonds is 1. The van der Waals surface area contributed by atoms with Crippen molar-refractivity contribution in [3.63, 3.8) is 0 Å². The van der Waals surface area contributed by atoms with Gasteiger partial charge in [0.15, 0.2) is 11.6 Å².